The second-order valence-electron chi connectivity index (χ2n) is 5.47. The van der Waals surface area contributed by atoms with Crippen LogP contribution in [0.2, 0.25) is 0 Å². The van der Waals surface area contributed by atoms with E-state index in [2.05, 4.69) is 30.4 Å². The van der Waals surface area contributed by atoms with Gasteiger partial charge < -0.3 is 9.47 Å². The van der Waals surface area contributed by atoms with Gasteiger partial charge in [-0.15, -0.1) is 11.6 Å². The Kier molecular flexibility index (Phi) is 4.82. The summed E-state index contributed by atoms with van der Waals surface area (Å²) in [6, 6.07) is 3.26. The van der Waals surface area contributed by atoms with Crippen LogP contribution >= 0.6 is 27.5 Å². The fourth-order valence-corrected chi connectivity index (χ4v) is 3.48. The third kappa shape index (κ3) is 3.25. The first-order valence-electron chi connectivity index (χ1n) is 7.31. The molecule has 3 rings (SSSR count). The molecular weight excluding hydrogens is 357 g/mol. The van der Waals surface area contributed by atoms with Crippen LogP contribution in [0.4, 0.5) is 4.39 Å². The van der Waals surface area contributed by atoms with Gasteiger partial charge in [-0.3, -0.25) is 0 Å². The van der Waals surface area contributed by atoms with E-state index in [0.29, 0.717) is 15.9 Å². The van der Waals surface area contributed by atoms with Gasteiger partial charge in [0.2, 0.25) is 0 Å². The van der Waals surface area contributed by atoms with Crippen LogP contribution < -0.4 is 0 Å². The second kappa shape index (κ2) is 6.63. The third-order valence-corrected chi connectivity index (χ3v) is 4.92. The molecule has 6 heteroatoms. The van der Waals surface area contributed by atoms with Gasteiger partial charge in [0.05, 0.1) is 21.4 Å². The maximum Gasteiger partial charge on any atom is 0.139 e. The molecule has 0 aliphatic carbocycles. The van der Waals surface area contributed by atoms with Crippen LogP contribution in [0.1, 0.15) is 25.1 Å². The highest BCUT2D eigenvalue weighted by Gasteiger charge is 2.15. The zero-order valence-electron chi connectivity index (χ0n) is 11.8. The topological polar surface area (TPSA) is 21.1 Å². The first-order valence-corrected chi connectivity index (χ1v) is 8.64. The van der Waals surface area contributed by atoms with Gasteiger partial charge in [0.15, 0.2) is 0 Å². The van der Waals surface area contributed by atoms with Crippen LogP contribution in [-0.2, 0) is 12.4 Å². The molecule has 0 radical (unpaired) electrons. The van der Waals surface area contributed by atoms with Gasteiger partial charge in [-0.25, -0.2) is 9.37 Å². The van der Waals surface area contributed by atoms with Crippen LogP contribution in [0.3, 0.4) is 0 Å². The van der Waals surface area contributed by atoms with Crippen molar-refractivity contribution < 1.29 is 4.39 Å². The number of rotatable bonds is 4. The molecule has 0 atom stereocenters. The lowest BCUT2D eigenvalue weighted by Crippen LogP contribution is -2.32. The quantitative estimate of drug-likeness (QED) is 0.749. The minimum Gasteiger partial charge on any atom is -0.326 e. The number of likely N-dealkylation sites (tertiary alicyclic amines) is 1. The van der Waals surface area contributed by atoms with Crippen molar-refractivity contribution >= 4 is 38.6 Å². The number of alkyl halides is 1. The van der Waals surface area contributed by atoms with E-state index in [1.54, 1.807) is 6.07 Å². The van der Waals surface area contributed by atoms with Crippen molar-refractivity contribution in [3.05, 3.63) is 28.2 Å². The molecule has 0 N–H and O–H groups in total. The van der Waals surface area contributed by atoms with E-state index in [1.807, 2.05) is 0 Å². The molecule has 0 saturated carbocycles. The van der Waals surface area contributed by atoms with E-state index in [-0.39, 0.29) is 5.82 Å². The zero-order valence-corrected chi connectivity index (χ0v) is 14.1. The molecule has 0 bridgehead atoms. The summed E-state index contributed by atoms with van der Waals surface area (Å²) in [7, 11) is 0. The van der Waals surface area contributed by atoms with Crippen LogP contribution in [-0.4, -0.2) is 34.1 Å². The first-order chi connectivity index (χ1) is 10.2. The average molecular weight is 375 g/mol. The highest BCUT2D eigenvalue weighted by atomic mass is 79.9. The van der Waals surface area contributed by atoms with Gasteiger partial charge in [-0.1, -0.05) is 6.42 Å². The summed E-state index contributed by atoms with van der Waals surface area (Å²) in [5, 5.41) is 0. The number of imidazole rings is 1. The highest BCUT2D eigenvalue weighted by Crippen LogP contribution is 2.25. The number of fused-ring (bicyclic) bond motifs is 1. The highest BCUT2D eigenvalue weighted by molar-refractivity contribution is 9.10. The lowest BCUT2D eigenvalue weighted by atomic mass is 10.1. The number of nitrogens with zero attached hydrogens (tertiary/aromatic N) is 3. The van der Waals surface area contributed by atoms with Gasteiger partial charge in [0, 0.05) is 19.2 Å². The third-order valence-electron chi connectivity index (χ3n) is 4.08. The van der Waals surface area contributed by atoms with Crippen molar-refractivity contribution in [1.82, 2.24) is 14.5 Å². The molecule has 0 spiro atoms. The Hall–Kier alpha value is -0.650. The summed E-state index contributed by atoms with van der Waals surface area (Å²) in [6.07, 6.45) is 3.90. The SMILES string of the molecule is Fc1cc2nc(CCl)n(CCN3CCCCC3)c2cc1Br. The Balaban J connectivity index is 1.86. The minimum atomic E-state index is -0.288. The summed E-state index contributed by atoms with van der Waals surface area (Å²) in [4.78, 5) is 6.93. The normalized spacial score (nSPS) is 16.7. The molecule has 21 heavy (non-hydrogen) atoms. The predicted octanol–water partition coefficient (Wildman–Crippen LogP) is 4.16. The molecule has 1 aromatic heterocycles. The maximum atomic E-state index is 13.6. The summed E-state index contributed by atoms with van der Waals surface area (Å²) < 4.78 is 16.2. The van der Waals surface area contributed by atoms with Gasteiger partial charge in [0.1, 0.15) is 11.6 Å². The van der Waals surface area contributed by atoms with Gasteiger partial charge in [-0.2, -0.15) is 0 Å². The first kappa shape index (κ1) is 15.3. The number of halogens is 3. The Labute approximate surface area is 137 Å². The van der Waals surface area contributed by atoms with Crippen molar-refractivity contribution in [3.63, 3.8) is 0 Å². The summed E-state index contributed by atoms with van der Waals surface area (Å²) in [5.74, 6) is 0.860. The molecule has 0 unspecified atom stereocenters. The largest absolute Gasteiger partial charge is 0.326 e. The molecule has 1 fully saturated rings. The molecular formula is C15H18BrClFN3. The predicted molar refractivity (Wildman–Crippen MR) is 87.2 cm³/mol. The number of benzene rings is 1. The molecule has 3 nitrogen and oxygen atoms in total. The van der Waals surface area contributed by atoms with Crippen molar-refractivity contribution in [2.45, 2.75) is 31.7 Å². The van der Waals surface area contributed by atoms with Gasteiger partial charge in [0.25, 0.3) is 0 Å². The molecule has 1 aliphatic heterocycles. The standard InChI is InChI=1S/C15H18BrClFN3/c16-11-8-14-13(9-12(11)18)19-15(10-17)21(14)7-6-20-4-2-1-3-5-20/h8-9H,1-7,10H2. The zero-order chi connectivity index (χ0) is 14.8. The van der Waals surface area contributed by atoms with E-state index in [4.69, 9.17) is 11.6 Å². The van der Waals surface area contributed by atoms with Crippen molar-refractivity contribution in [3.8, 4) is 0 Å². The Morgan fingerprint density at radius 2 is 1.95 bits per heavy atom. The lowest BCUT2D eigenvalue weighted by molar-refractivity contribution is 0.221. The maximum absolute atomic E-state index is 13.6. The van der Waals surface area contributed by atoms with Crippen LogP contribution in [0.15, 0.2) is 16.6 Å². The molecule has 1 aliphatic rings. The van der Waals surface area contributed by atoms with Gasteiger partial charge >= 0.3 is 0 Å². The number of piperidine rings is 1. The molecule has 2 aromatic rings. The average Bonchev–Trinajstić information content (AvgIpc) is 2.83. The molecule has 0 amide bonds. The van der Waals surface area contributed by atoms with E-state index in [0.717, 1.165) is 24.4 Å². The summed E-state index contributed by atoms with van der Waals surface area (Å²) in [6.45, 7) is 4.17. The number of hydrogen-bond donors (Lipinski definition) is 0. The summed E-state index contributed by atoms with van der Waals surface area (Å²) >= 11 is 9.25. The molecule has 114 valence electrons. The van der Waals surface area contributed by atoms with E-state index < -0.39 is 0 Å². The fourth-order valence-electron chi connectivity index (χ4n) is 2.95. The molecule has 1 aromatic carbocycles. The monoisotopic (exact) mass is 373 g/mol. The molecule has 2 heterocycles. The van der Waals surface area contributed by atoms with Gasteiger partial charge in [-0.05, 0) is 47.9 Å². The van der Waals surface area contributed by atoms with E-state index >= 15 is 0 Å². The minimum absolute atomic E-state index is 0.288. The Morgan fingerprint density at radius 1 is 1.19 bits per heavy atom. The van der Waals surface area contributed by atoms with E-state index in [9.17, 15) is 4.39 Å². The smallest absolute Gasteiger partial charge is 0.139 e. The Bertz CT molecular complexity index is 637. The van der Waals surface area contributed by atoms with Crippen LogP contribution in [0, 0.1) is 5.82 Å². The number of aromatic nitrogens is 2. The Morgan fingerprint density at radius 3 is 2.67 bits per heavy atom. The lowest BCUT2D eigenvalue weighted by Gasteiger charge is -2.26. The summed E-state index contributed by atoms with van der Waals surface area (Å²) in [5.41, 5.74) is 1.61. The second-order valence-corrected chi connectivity index (χ2v) is 6.59. The van der Waals surface area contributed by atoms with Crippen molar-refractivity contribution in [1.29, 1.82) is 0 Å². The van der Waals surface area contributed by atoms with Crippen molar-refractivity contribution in [2.75, 3.05) is 19.6 Å². The van der Waals surface area contributed by atoms with E-state index in [1.165, 1.54) is 38.4 Å². The van der Waals surface area contributed by atoms with Crippen LogP contribution in [0.5, 0.6) is 0 Å². The van der Waals surface area contributed by atoms with Crippen LogP contribution in [0.25, 0.3) is 11.0 Å². The molecule has 1 saturated heterocycles. The fraction of sp³-hybridized carbons (Fsp3) is 0.533. The number of hydrogen-bond acceptors (Lipinski definition) is 2. The van der Waals surface area contributed by atoms with Crippen molar-refractivity contribution in [2.24, 2.45) is 0 Å².